The Morgan fingerprint density at radius 3 is 1.88 bits per heavy atom. The summed E-state index contributed by atoms with van der Waals surface area (Å²) in [4.78, 5) is 35.3. The Hall–Kier alpha value is -3.19. The van der Waals surface area contributed by atoms with Crippen molar-refractivity contribution in [3.63, 3.8) is 0 Å². The zero-order chi connectivity index (χ0) is 23.3. The molecule has 0 atom stereocenters. The first-order valence-electron chi connectivity index (χ1n) is 10.9. The van der Waals surface area contributed by atoms with Gasteiger partial charge in [0, 0.05) is 19.5 Å². The summed E-state index contributed by atoms with van der Waals surface area (Å²) >= 11 is 0. The van der Waals surface area contributed by atoms with Crippen molar-refractivity contribution in [3.05, 3.63) is 71.8 Å². The molecule has 0 bridgehead atoms. The van der Waals surface area contributed by atoms with Crippen molar-refractivity contribution in [1.82, 2.24) is 9.80 Å². The van der Waals surface area contributed by atoms with Gasteiger partial charge < -0.3 is 20.0 Å². The van der Waals surface area contributed by atoms with Crippen LogP contribution < -0.4 is 0 Å². The molecular weight excluding hydrogens is 408 g/mol. The van der Waals surface area contributed by atoms with E-state index in [4.69, 9.17) is 19.8 Å². The number of carboxylic acid groups (broad SMARTS) is 2. The summed E-state index contributed by atoms with van der Waals surface area (Å²) in [6.07, 6.45) is 4.31. The predicted molar refractivity (Wildman–Crippen MR) is 122 cm³/mol. The van der Waals surface area contributed by atoms with Crippen molar-refractivity contribution in [2.75, 3.05) is 26.7 Å². The van der Waals surface area contributed by atoms with Gasteiger partial charge in [0.25, 0.3) is 0 Å². The fraction of sp³-hybridized carbons (Fsp3) is 0.400. The molecular formula is C25H32N2O5. The van der Waals surface area contributed by atoms with Crippen molar-refractivity contribution in [2.24, 2.45) is 5.92 Å². The van der Waals surface area contributed by atoms with Crippen LogP contribution in [0.4, 0.5) is 0 Å². The van der Waals surface area contributed by atoms with E-state index in [0.717, 1.165) is 38.9 Å². The third-order valence-electron chi connectivity index (χ3n) is 5.54. The largest absolute Gasteiger partial charge is 0.473 e. The summed E-state index contributed by atoms with van der Waals surface area (Å²) in [5.41, 5.74) is 2.61. The molecule has 0 unspecified atom stereocenters. The lowest BCUT2D eigenvalue weighted by atomic mass is 9.95. The summed E-state index contributed by atoms with van der Waals surface area (Å²) in [7, 11) is 1.93. The van der Waals surface area contributed by atoms with E-state index in [0.29, 0.717) is 12.5 Å². The molecule has 1 aliphatic heterocycles. The zero-order valence-electron chi connectivity index (χ0n) is 18.5. The first-order chi connectivity index (χ1) is 15.4. The normalized spacial score (nSPS) is 14.2. The van der Waals surface area contributed by atoms with Crippen molar-refractivity contribution in [2.45, 2.75) is 32.2 Å². The maximum absolute atomic E-state index is 12.7. The van der Waals surface area contributed by atoms with Crippen LogP contribution in [-0.4, -0.2) is 64.5 Å². The molecule has 0 radical (unpaired) electrons. The van der Waals surface area contributed by atoms with E-state index in [1.807, 2.05) is 30.1 Å². The Balaban J connectivity index is 0.000000534. The minimum absolute atomic E-state index is 0.189. The molecule has 1 fully saturated rings. The summed E-state index contributed by atoms with van der Waals surface area (Å²) in [5.74, 6) is -3.16. The van der Waals surface area contributed by atoms with Crippen LogP contribution in [0.5, 0.6) is 0 Å². The number of amides is 1. The van der Waals surface area contributed by atoms with Crippen LogP contribution in [0.2, 0.25) is 0 Å². The van der Waals surface area contributed by atoms with Gasteiger partial charge >= 0.3 is 11.9 Å². The number of benzene rings is 2. The number of hydrogen-bond acceptors (Lipinski definition) is 4. The molecule has 7 heteroatoms. The van der Waals surface area contributed by atoms with Crippen molar-refractivity contribution < 1.29 is 24.6 Å². The van der Waals surface area contributed by atoms with Gasteiger partial charge in [-0.05, 0) is 56.4 Å². The number of rotatable bonds is 7. The highest BCUT2D eigenvalue weighted by molar-refractivity contribution is 6.27. The van der Waals surface area contributed by atoms with E-state index >= 15 is 0 Å². The Kier molecular flexibility index (Phi) is 10.4. The van der Waals surface area contributed by atoms with E-state index < -0.39 is 11.9 Å². The monoisotopic (exact) mass is 440 g/mol. The minimum Gasteiger partial charge on any atom is -0.473 e. The molecule has 172 valence electrons. The fourth-order valence-electron chi connectivity index (χ4n) is 3.80. The summed E-state index contributed by atoms with van der Waals surface area (Å²) in [5, 5.41) is 14.8. The maximum Gasteiger partial charge on any atom is 0.414 e. The van der Waals surface area contributed by atoms with E-state index in [1.165, 1.54) is 17.5 Å². The van der Waals surface area contributed by atoms with Gasteiger partial charge in [0.2, 0.25) is 5.91 Å². The number of aryl methyl sites for hydroxylation is 1. The average molecular weight is 441 g/mol. The number of piperidine rings is 1. The molecule has 1 heterocycles. The second-order valence-electron chi connectivity index (χ2n) is 8.00. The third kappa shape index (κ3) is 8.89. The zero-order valence-corrected chi connectivity index (χ0v) is 18.5. The van der Waals surface area contributed by atoms with Crippen molar-refractivity contribution >= 4 is 17.8 Å². The summed E-state index contributed by atoms with van der Waals surface area (Å²) in [6, 6.07) is 20.9. The molecule has 1 amide bonds. The first kappa shape index (κ1) is 25.1. The lowest BCUT2D eigenvalue weighted by molar-refractivity contribution is -0.159. The van der Waals surface area contributed by atoms with Crippen LogP contribution in [-0.2, 0) is 27.3 Å². The molecule has 2 aromatic rings. The molecule has 0 aliphatic carbocycles. The number of hydrogen-bond donors (Lipinski definition) is 2. The van der Waals surface area contributed by atoms with Crippen molar-refractivity contribution in [1.29, 1.82) is 0 Å². The second kappa shape index (κ2) is 13.3. The van der Waals surface area contributed by atoms with Gasteiger partial charge in [-0.3, -0.25) is 4.79 Å². The molecule has 7 nitrogen and oxygen atoms in total. The highest BCUT2D eigenvalue weighted by atomic mass is 16.4. The average Bonchev–Trinajstić information content (AvgIpc) is 2.81. The third-order valence-corrected chi connectivity index (χ3v) is 5.54. The van der Waals surface area contributed by atoms with Gasteiger partial charge in [-0.15, -0.1) is 0 Å². The van der Waals surface area contributed by atoms with Crippen molar-refractivity contribution in [3.8, 4) is 0 Å². The van der Waals surface area contributed by atoms with E-state index in [1.54, 1.807) is 0 Å². The highest BCUT2D eigenvalue weighted by Crippen LogP contribution is 2.20. The molecule has 0 aromatic heterocycles. The SMILES string of the molecule is CN(Cc1ccccc1)C(=O)C1CCN(CCCc2ccccc2)CC1.O=C(O)C(=O)O. The molecule has 0 spiro atoms. The van der Waals surface area contributed by atoms with E-state index in [9.17, 15) is 4.79 Å². The first-order valence-corrected chi connectivity index (χ1v) is 10.9. The molecule has 3 rings (SSSR count). The molecule has 32 heavy (non-hydrogen) atoms. The van der Waals surface area contributed by atoms with Gasteiger partial charge in [-0.1, -0.05) is 60.7 Å². The van der Waals surface area contributed by atoms with Gasteiger partial charge in [-0.25, -0.2) is 9.59 Å². The predicted octanol–water partition coefficient (Wildman–Crippen LogP) is 3.15. The highest BCUT2D eigenvalue weighted by Gasteiger charge is 2.26. The Labute approximate surface area is 189 Å². The fourth-order valence-corrected chi connectivity index (χ4v) is 3.80. The topological polar surface area (TPSA) is 98.2 Å². The van der Waals surface area contributed by atoms with Gasteiger partial charge in [0.15, 0.2) is 0 Å². The maximum atomic E-state index is 12.7. The van der Waals surface area contributed by atoms with Crippen LogP contribution in [0.1, 0.15) is 30.4 Å². The standard InChI is InChI=1S/C23H30N2O.C2H2O4/c1-24(19-21-11-6-3-7-12-21)23(26)22-14-17-25(18-15-22)16-8-13-20-9-4-2-5-10-20;3-1(4)2(5)6/h2-7,9-12,22H,8,13-19H2,1H3;(H,3,4)(H,5,6). The minimum atomic E-state index is -1.82. The molecule has 2 aromatic carbocycles. The number of likely N-dealkylation sites (tertiary alicyclic amines) is 1. The Morgan fingerprint density at radius 1 is 0.875 bits per heavy atom. The van der Waals surface area contributed by atoms with Gasteiger partial charge in [-0.2, -0.15) is 0 Å². The molecule has 0 saturated carbocycles. The van der Waals surface area contributed by atoms with Crippen LogP contribution in [0.15, 0.2) is 60.7 Å². The quantitative estimate of drug-likeness (QED) is 0.642. The van der Waals surface area contributed by atoms with Crippen LogP contribution in [0.25, 0.3) is 0 Å². The molecule has 1 saturated heterocycles. The number of carbonyl (C=O) groups excluding carboxylic acids is 1. The number of aliphatic carboxylic acids is 2. The lowest BCUT2D eigenvalue weighted by Crippen LogP contribution is -2.41. The summed E-state index contributed by atoms with van der Waals surface area (Å²) < 4.78 is 0. The van der Waals surface area contributed by atoms with Crippen LogP contribution in [0, 0.1) is 5.92 Å². The van der Waals surface area contributed by atoms with Gasteiger partial charge in [0.05, 0.1) is 0 Å². The smallest absolute Gasteiger partial charge is 0.414 e. The Morgan fingerprint density at radius 2 is 1.38 bits per heavy atom. The van der Waals surface area contributed by atoms with Gasteiger partial charge in [0.1, 0.15) is 0 Å². The lowest BCUT2D eigenvalue weighted by Gasteiger charge is -2.33. The van der Waals surface area contributed by atoms with Crippen LogP contribution in [0.3, 0.4) is 0 Å². The van der Waals surface area contributed by atoms with E-state index in [-0.39, 0.29) is 5.92 Å². The number of carbonyl (C=O) groups is 3. The second-order valence-corrected chi connectivity index (χ2v) is 8.00. The Bertz CT molecular complexity index is 837. The number of nitrogens with zero attached hydrogens (tertiary/aromatic N) is 2. The summed E-state index contributed by atoms with van der Waals surface area (Å²) in [6.45, 7) is 3.93. The molecule has 2 N–H and O–H groups in total. The van der Waals surface area contributed by atoms with Crippen LogP contribution >= 0.6 is 0 Å². The number of carboxylic acids is 2. The van der Waals surface area contributed by atoms with E-state index in [2.05, 4.69) is 47.4 Å². The molecule has 1 aliphatic rings.